The smallest absolute Gasteiger partial charge is 0.253 e. The molecule has 122 valence electrons. The summed E-state index contributed by atoms with van der Waals surface area (Å²) in [6.07, 6.45) is 0.841. The van der Waals surface area contributed by atoms with E-state index in [4.69, 9.17) is 5.73 Å². The molecule has 1 unspecified atom stereocenters. The summed E-state index contributed by atoms with van der Waals surface area (Å²) >= 11 is 3.97. The first kappa shape index (κ1) is 17.7. The lowest BCUT2D eigenvalue weighted by molar-refractivity contribution is 0.0789. The molecule has 1 atom stereocenters. The molecule has 3 nitrogen and oxygen atoms in total. The highest BCUT2D eigenvalue weighted by molar-refractivity contribution is 8.19. The number of rotatable bonds is 6. The molecule has 22 heavy (non-hydrogen) atoms. The maximum absolute atomic E-state index is 12.4. The second kappa shape index (κ2) is 8.27. The third-order valence-electron chi connectivity index (χ3n) is 4.05. The summed E-state index contributed by atoms with van der Waals surface area (Å²) in [5.74, 6) is 2.96. The number of nitrogens with zero attached hydrogens (tertiary/aromatic N) is 1. The van der Waals surface area contributed by atoms with Crippen LogP contribution >= 0.6 is 23.5 Å². The Morgan fingerprint density at radius 2 is 1.86 bits per heavy atom. The third-order valence-corrected chi connectivity index (χ3v) is 7.16. The van der Waals surface area contributed by atoms with E-state index in [1.807, 2.05) is 42.7 Å². The molecule has 0 spiro atoms. The molecular formula is C17H26N2OS2. The molecule has 0 aliphatic carbocycles. The first-order valence-electron chi connectivity index (χ1n) is 7.83. The molecule has 2 rings (SSSR count). The maximum atomic E-state index is 12.4. The van der Waals surface area contributed by atoms with Gasteiger partial charge in [-0.15, -0.1) is 23.5 Å². The normalized spacial score (nSPS) is 17.0. The molecule has 1 saturated heterocycles. The van der Waals surface area contributed by atoms with Gasteiger partial charge in [-0.3, -0.25) is 4.79 Å². The van der Waals surface area contributed by atoms with E-state index in [1.54, 1.807) is 4.90 Å². The van der Waals surface area contributed by atoms with E-state index in [1.165, 1.54) is 17.1 Å². The number of hydrogen-bond donors (Lipinski definition) is 1. The van der Waals surface area contributed by atoms with E-state index in [0.717, 1.165) is 12.0 Å². The Labute approximate surface area is 142 Å². The van der Waals surface area contributed by atoms with Crippen LogP contribution in [0.3, 0.4) is 0 Å². The highest BCUT2D eigenvalue weighted by atomic mass is 32.2. The highest BCUT2D eigenvalue weighted by Crippen LogP contribution is 2.45. The van der Waals surface area contributed by atoms with Crippen molar-refractivity contribution >= 4 is 29.4 Å². The van der Waals surface area contributed by atoms with Gasteiger partial charge in [-0.1, -0.05) is 26.0 Å². The number of nitrogens with two attached hydrogens (primary N) is 1. The van der Waals surface area contributed by atoms with E-state index in [-0.39, 0.29) is 11.9 Å². The molecule has 1 fully saturated rings. The van der Waals surface area contributed by atoms with E-state index in [9.17, 15) is 4.79 Å². The maximum Gasteiger partial charge on any atom is 0.253 e. The fraction of sp³-hybridized carbons (Fsp3) is 0.588. The molecule has 1 aromatic rings. The fourth-order valence-corrected chi connectivity index (χ4v) is 5.19. The third kappa shape index (κ3) is 4.67. The summed E-state index contributed by atoms with van der Waals surface area (Å²) in [4.78, 5) is 14.2. The number of benzene rings is 1. The number of carbonyl (C=O) groups is 1. The van der Waals surface area contributed by atoms with Gasteiger partial charge in [0.05, 0.1) is 4.58 Å². The van der Waals surface area contributed by atoms with Crippen molar-refractivity contribution in [2.75, 3.05) is 25.1 Å². The SMILES string of the molecule is CC(C)C(N)CCN(C)C(=O)c1ccc(C2SCCS2)cc1. The van der Waals surface area contributed by atoms with Crippen molar-refractivity contribution in [1.29, 1.82) is 0 Å². The zero-order chi connectivity index (χ0) is 16.1. The fourth-order valence-electron chi connectivity index (χ4n) is 2.33. The highest BCUT2D eigenvalue weighted by Gasteiger charge is 2.19. The molecule has 0 bridgehead atoms. The topological polar surface area (TPSA) is 46.3 Å². The Kier molecular flexibility index (Phi) is 6.66. The van der Waals surface area contributed by atoms with Crippen molar-refractivity contribution in [3.63, 3.8) is 0 Å². The van der Waals surface area contributed by atoms with Crippen molar-refractivity contribution in [2.45, 2.75) is 30.9 Å². The number of hydrogen-bond acceptors (Lipinski definition) is 4. The van der Waals surface area contributed by atoms with Crippen molar-refractivity contribution in [2.24, 2.45) is 11.7 Å². The summed E-state index contributed by atoms with van der Waals surface area (Å²) in [7, 11) is 1.85. The monoisotopic (exact) mass is 338 g/mol. The van der Waals surface area contributed by atoms with Crippen LogP contribution in [0.15, 0.2) is 24.3 Å². The van der Waals surface area contributed by atoms with E-state index < -0.39 is 0 Å². The number of amides is 1. The van der Waals surface area contributed by atoms with Crippen LogP contribution in [0.25, 0.3) is 0 Å². The summed E-state index contributed by atoms with van der Waals surface area (Å²) in [6.45, 7) is 4.93. The lowest BCUT2D eigenvalue weighted by Gasteiger charge is -2.21. The summed E-state index contributed by atoms with van der Waals surface area (Å²) < 4.78 is 0.533. The van der Waals surface area contributed by atoms with Crippen LogP contribution in [0.5, 0.6) is 0 Å². The van der Waals surface area contributed by atoms with Crippen LogP contribution in [0.2, 0.25) is 0 Å². The minimum atomic E-state index is 0.0780. The molecule has 0 aromatic heterocycles. The van der Waals surface area contributed by atoms with Crippen molar-refractivity contribution in [3.8, 4) is 0 Å². The van der Waals surface area contributed by atoms with Gasteiger partial charge >= 0.3 is 0 Å². The molecule has 1 heterocycles. The number of thioether (sulfide) groups is 2. The first-order chi connectivity index (χ1) is 10.5. The first-order valence-corrected chi connectivity index (χ1v) is 9.93. The summed E-state index contributed by atoms with van der Waals surface area (Å²) in [5.41, 5.74) is 8.13. The van der Waals surface area contributed by atoms with E-state index >= 15 is 0 Å². The lowest BCUT2D eigenvalue weighted by Crippen LogP contribution is -2.34. The van der Waals surface area contributed by atoms with Gasteiger partial charge in [0.1, 0.15) is 0 Å². The molecule has 0 saturated carbocycles. The Bertz CT molecular complexity index is 484. The summed E-state index contributed by atoms with van der Waals surface area (Å²) in [5, 5.41) is 0. The van der Waals surface area contributed by atoms with Gasteiger partial charge in [-0.2, -0.15) is 0 Å². The van der Waals surface area contributed by atoms with Gasteiger partial charge in [0, 0.05) is 36.7 Å². The van der Waals surface area contributed by atoms with Gasteiger partial charge in [0.15, 0.2) is 0 Å². The van der Waals surface area contributed by atoms with Gasteiger partial charge in [0.25, 0.3) is 5.91 Å². The largest absolute Gasteiger partial charge is 0.342 e. The van der Waals surface area contributed by atoms with Gasteiger partial charge in [0.2, 0.25) is 0 Å². The van der Waals surface area contributed by atoms with Crippen LogP contribution in [0.4, 0.5) is 0 Å². The second-order valence-electron chi connectivity index (χ2n) is 6.12. The Hall–Kier alpha value is -0.650. The molecule has 5 heteroatoms. The molecule has 1 aliphatic rings. The van der Waals surface area contributed by atoms with Crippen molar-refractivity contribution < 1.29 is 4.79 Å². The van der Waals surface area contributed by atoms with Crippen LogP contribution < -0.4 is 5.73 Å². The molecule has 2 N–H and O–H groups in total. The quantitative estimate of drug-likeness (QED) is 0.861. The Morgan fingerprint density at radius 1 is 1.27 bits per heavy atom. The predicted octanol–water partition coefficient (Wildman–Crippen LogP) is 3.61. The van der Waals surface area contributed by atoms with E-state index in [2.05, 4.69) is 26.0 Å². The Balaban J connectivity index is 1.91. The molecule has 1 amide bonds. The minimum Gasteiger partial charge on any atom is -0.342 e. The Morgan fingerprint density at radius 3 is 2.41 bits per heavy atom. The van der Waals surface area contributed by atoms with Crippen LogP contribution in [-0.2, 0) is 0 Å². The van der Waals surface area contributed by atoms with E-state index in [0.29, 0.717) is 17.0 Å². The second-order valence-corrected chi connectivity index (χ2v) is 8.84. The minimum absolute atomic E-state index is 0.0780. The summed E-state index contributed by atoms with van der Waals surface area (Å²) in [6, 6.07) is 8.24. The predicted molar refractivity (Wildman–Crippen MR) is 98.5 cm³/mol. The average Bonchev–Trinajstić information content (AvgIpc) is 3.06. The number of carbonyl (C=O) groups excluding carboxylic acids is 1. The molecule has 1 aliphatic heterocycles. The molecular weight excluding hydrogens is 312 g/mol. The van der Waals surface area contributed by atoms with Crippen LogP contribution in [0.1, 0.15) is 40.8 Å². The van der Waals surface area contributed by atoms with Crippen molar-refractivity contribution in [3.05, 3.63) is 35.4 Å². The zero-order valence-electron chi connectivity index (χ0n) is 13.6. The zero-order valence-corrected chi connectivity index (χ0v) is 15.3. The van der Waals surface area contributed by atoms with Gasteiger partial charge in [-0.05, 0) is 30.0 Å². The van der Waals surface area contributed by atoms with Crippen molar-refractivity contribution in [1.82, 2.24) is 4.90 Å². The standard InChI is InChI=1S/C17H26N2OS2/c1-12(2)15(18)8-9-19(3)16(20)13-4-6-14(7-5-13)17-21-10-11-22-17/h4-7,12,15,17H,8-11,18H2,1-3H3. The average molecular weight is 339 g/mol. The molecule has 0 radical (unpaired) electrons. The van der Waals surface area contributed by atoms with Gasteiger partial charge < -0.3 is 10.6 Å². The molecule has 1 aromatic carbocycles. The van der Waals surface area contributed by atoms with Gasteiger partial charge in [-0.25, -0.2) is 0 Å². The van der Waals surface area contributed by atoms with Crippen LogP contribution in [-0.4, -0.2) is 41.9 Å². The van der Waals surface area contributed by atoms with Crippen LogP contribution in [0, 0.1) is 5.92 Å². The lowest BCUT2D eigenvalue weighted by atomic mass is 10.0.